The van der Waals surface area contributed by atoms with Crippen molar-refractivity contribution < 1.29 is 19.0 Å². The van der Waals surface area contributed by atoms with Crippen LogP contribution in [-0.4, -0.2) is 27.9 Å². The molecule has 0 saturated carbocycles. The summed E-state index contributed by atoms with van der Waals surface area (Å²) in [4.78, 5) is 12.3. The smallest absolute Gasteiger partial charge is 0.226 e. The summed E-state index contributed by atoms with van der Waals surface area (Å²) in [6.45, 7) is 0. The number of phenols is 1. The molecule has 2 N–H and O–H groups in total. The summed E-state index contributed by atoms with van der Waals surface area (Å²) in [5.74, 6) is 0.248. The zero-order chi connectivity index (χ0) is 18.3. The van der Waals surface area contributed by atoms with Gasteiger partial charge in [-0.2, -0.15) is 5.10 Å². The minimum absolute atomic E-state index is 0.0405. The Morgan fingerprint density at radius 3 is 2.77 bits per heavy atom. The first-order chi connectivity index (χ1) is 12.6. The monoisotopic (exact) mass is 353 g/mol. The molecule has 0 radical (unpaired) electrons. The molecule has 0 saturated heterocycles. The molecule has 6 nitrogen and oxygen atoms in total. The van der Waals surface area contributed by atoms with Gasteiger partial charge < -0.3 is 15.2 Å². The molecule has 0 fully saturated rings. The lowest BCUT2D eigenvalue weighted by atomic mass is 9.87. The molecule has 4 rings (SSSR count). The van der Waals surface area contributed by atoms with E-state index >= 15 is 0 Å². The second-order valence-electron chi connectivity index (χ2n) is 6.07. The molecular weight excluding hydrogens is 337 g/mol. The molecule has 1 amide bonds. The Morgan fingerprint density at radius 2 is 2.04 bits per heavy atom. The number of carbonyl (C=O) groups excluding carboxylic acids is 1. The van der Waals surface area contributed by atoms with Crippen molar-refractivity contribution in [1.82, 2.24) is 9.78 Å². The van der Waals surface area contributed by atoms with Gasteiger partial charge in [0.2, 0.25) is 5.91 Å². The Hall–Kier alpha value is -3.35. The molecule has 1 aromatic heterocycles. The number of halogens is 1. The molecule has 26 heavy (non-hydrogen) atoms. The minimum atomic E-state index is -0.340. The number of hydrogen-bond donors (Lipinski definition) is 2. The molecule has 132 valence electrons. The average Bonchev–Trinajstić information content (AvgIpc) is 3.06. The number of rotatable bonds is 3. The molecule has 0 aliphatic carbocycles. The highest BCUT2D eigenvalue weighted by Crippen LogP contribution is 2.40. The molecule has 1 atom stereocenters. The van der Waals surface area contributed by atoms with Crippen LogP contribution in [-0.2, 0) is 4.79 Å². The fraction of sp³-hybridized carbons (Fsp3) is 0.158. The van der Waals surface area contributed by atoms with Crippen LogP contribution in [0, 0.1) is 5.82 Å². The fourth-order valence-electron chi connectivity index (χ4n) is 3.21. The van der Waals surface area contributed by atoms with Gasteiger partial charge in [0.15, 0.2) is 11.5 Å². The lowest BCUT2D eigenvalue weighted by molar-refractivity contribution is -0.116. The van der Waals surface area contributed by atoms with E-state index in [1.807, 2.05) is 0 Å². The topological polar surface area (TPSA) is 76.4 Å². The van der Waals surface area contributed by atoms with E-state index in [0.717, 1.165) is 11.1 Å². The van der Waals surface area contributed by atoms with Gasteiger partial charge in [-0.1, -0.05) is 6.07 Å². The number of benzene rings is 2. The zero-order valence-electron chi connectivity index (χ0n) is 13.9. The van der Waals surface area contributed by atoms with E-state index in [1.54, 1.807) is 41.2 Å². The summed E-state index contributed by atoms with van der Waals surface area (Å²) in [5.41, 5.74) is 2.34. The van der Waals surface area contributed by atoms with Gasteiger partial charge in [0.25, 0.3) is 0 Å². The van der Waals surface area contributed by atoms with Crippen molar-refractivity contribution in [2.45, 2.75) is 12.3 Å². The fourth-order valence-corrected chi connectivity index (χ4v) is 3.21. The van der Waals surface area contributed by atoms with Crippen molar-refractivity contribution in [2.75, 3.05) is 12.4 Å². The average molecular weight is 353 g/mol. The van der Waals surface area contributed by atoms with Gasteiger partial charge >= 0.3 is 0 Å². The molecule has 1 aliphatic rings. The van der Waals surface area contributed by atoms with Crippen LogP contribution in [0.4, 0.5) is 10.2 Å². The van der Waals surface area contributed by atoms with E-state index in [-0.39, 0.29) is 29.8 Å². The summed E-state index contributed by atoms with van der Waals surface area (Å²) in [6.07, 6.45) is 1.96. The van der Waals surface area contributed by atoms with Gasteiger partial charge in [-0.05, 0) is 42.0 Å². The van der Waals surface area contributed by atoms with Gasteiger partial charge in [0, 0.05) is 17.9 Å². The molecule has 3 aromatic rings. The summed E-state index contributed by atoms with van der Waals surface area (Å²) < 4.78 is 19.9. The van der Waals surface area contributed by atoms with Crippen molar-refractivity contribution in [3.05, 3.63) is 65.6 Å². The lowest BCUT2D eigenvalue weighted by Crippen LogP contribution is -2.24. The van der Waals surface area contributed by atoms with Crippen molar-refractivity contribution >= 4 is 11.7 Å². The maximum Gasteiger partial charge on any atom is 0.226 e. The highest BCUT2D eigenvalue weighted by atomic mass is 19.1. The number of phenolic OH excluding ortho intramolecular Hbond substituents is 1. The Bertz CT molecular complexity index is 982. The Labute approximate surface area is 148 Å². The van der Waals surface area contributed by atoms with E-state index in [1.165, 1.54) is 19.2 Å². The molecular formula is C19H16FN3O3. The van der Waals surface area contributed by atoms with Gasteiger partial charge in [-0.15, -0.1) is 0 Å². The van der Waals surface area contributed by atoms with Crippen molar-refractivity contribution in [1.29, 1.82) is 0 Å². The van der Waals surface area contributed by atoms with Crippen LogP contribution < -0.4 is 10.1 Å². The Morgan fingerprint density at radius 1 is 1.27 bits per heavy atom. The largest absolute Gasteiger partial charge is 0.504 e. The number of aromatic hydroxyl groups is 1. The minimum Gasteiger partial charge on any atom is -0.504 e. The first-order valence-electron chi connectivity index (χ1n) is 8.07. The quantitative estimate of drug-likeness (QED) is 0.758. The maximum atomic E-state index is 13.2. The van der Waals surface area contributed by atoms with Gasteiger partial charge in [-0.25, -0.2) is 9.07 Å². The normalized spacial score (nSPS) is 16.1. The van der Waals surface area contributed by atoms with Crippen molar-refractivity contribution in [3.63, 3.8) is 0 Å². The van der Waals surface area contributed by atoms with E-state index in [9.17, 15) is 14.3 Å². The number of nitrogens with zero attached hydrogens (tertiary/aromatic N) is 2. The third kappa shape index (κ3) is 2.67. The number of ether oxygens (including phenoxy) is 1. The number of hydrogen-bond acceptors (Lipinski definition) is 4. The number of carbonyl (C=O) groups is 1. The van der Waals surface area contributed by atoms with Gasteiger partial charge in [0.1, 0.15) is 11.6 Å². The van der Waals surface area contributed by atoms with Crippen LogP contribution in [0.15, 0.2) is 48.7 Å². The number of nitrogens with one attached hydrogen (secondary N) is 1. The highest BCUT2D eigenvalue weighted by molar-refractivity contribution is 5.94. The first-order valence-corrected chi connectivity index (χ1v) is 8.07. The second kappa shape index (κ2) is 6.18. The molecule has 7 heteroatoms. The van der Waals surface area contributed by atoms with E-state index in [4.69, 9.17) is 4.74 Å². The van der Waals surface area contributed by atoms with Crippen LogP contribution in [0.5, 0.6) is 11.5 Å². The van der Waals surface area contributed by atoms with Crippen molar-refractivity contribution in [2.24, 2.45) is 0 Å². The lowest BCUT2D eigenvalue weighted by Gasteiger charge is -2.24. The maximum absolute atomic E-state index is 13.2. The molecule has 1 aliphatic heterocycles. The van der Waals surface area contributed by atoms with Crippen LogP contribution >= 0.6 is 0 Å². The zero-order valence-corrected chi connectivity index (χ0v) is 13.9. The molecule has 2 aromatic carbocycles. The van der Waals surface area contributed by atoms with Crippen LogP contribution in [0.1, 0.15) is 23.5 Å². The molecule has 2 heterocycles. The second-order valence-corrected chi connectivity index (χ2v) is 6.07. The predicted octanol–water partition coefficient (Wildman–Crippen LogP) is 3.20. The number of methoxy groups -OCH3 is 1. The Balaban J connectivity index is 1.80. The number of aromatic nitrogens is 2. The molecule has 0 bridgehead atoms. The van der Waals surface area contributed by atoms with Crippen LogP contribution in [0.25, 0.3) is 5.69 Å². The molecule has 0 unspecified atom stereocenters. The van der Waals surface area contributed by atoms with Crippen molar-refractivity contribution in [3.8, 4) is 17.2 Å². The van der Waals surface area contributed by atoms with E-state index < -0.39 is 0 Å². The predicted molar refractivity (Wildman–Crippen MR) is 93.3 cm³/mol. The van der Waals surface area contributed by atoms with Gasteiger partial charge in [-0.3, -0.25) is 4.79 Å². The first kappa shape index (κ1) is 16.1. The standard InChI is InChI=1S/C19H16FN3O3/c1-26-17-8-11(2-7-16(17)24)14-9-18(25)22-19-15(14)10-21-23(19)13-5-3-12(20)4-6-13/h2-8,10,14,24H,9H2,1H3,(H,22,25)/t14-/m0/s1. The van der Waals surface area contributed by atoms with Gasteiger partial charge in [0.05, 0.1) is 19.0 Å². The molecule has 0 spiro atoms. The summed E-state index contributed by atoms with van der Waals surface area (Å²) >= 11 is 0. The number of anilines is 1. The van der Waals surface area contributed by atoms with E-state index in [0.29, 0.717) is 17.3 Å². The summed E-state index contributed by atoms with van der Waals surface area (Å²) in [7, 11) is 1.48. The Kier molecular flexibility index (Phi) is 3.84. The summed E-state index contributed by atoms with van der Waals surface area (Å²) in [5, 5.41) is 17.0. The third-order valence-corrected chi connectivity index (χ3v) is 4.50. The van der Waals surface area contributed by atoms with Crippen LogP contribution in [0.3, 0.4) is 0 Å². The number of fused-ring (bicyclic) bond motifs is 1. The summed E-state index contributed by atoms with van der Waals surface area (Å²) in [6, 6.07) is 10.9. The number of amides is 1. The highest BCUT2D eigenvalue weighted by Gasteiger charge is 2.30. The SMILES string of the molecule is COc1cc([C@@H]2CC(=O)Nc3c2cnn3-c2ccc(F)cc2)ccc1O. The van der Waals surface area contributed by atoms with E-state index in [2.05, 4.69) is 10.4 Å². The third-order valence-electron chi connectivity index (χ3n) is 4.50. The van der Waals surface area contributed by atoms with Crippen LogP contribution in [0.2, 0.25) is 0 Å².